The first kappa shape index (κ1) is 11.8. The number of furan rings is 1. The van der Waals surface area contributed by atoms with Crippen molar-refractivity contribution in [1.82, 2.24) is 5.32 Å². The van der Waals surface area contributed by atoms with Crippen molar-refractivity contribution in [3.8, 4) is 0 Å². The summed E-state index contributed by atoms with van der Waals surface area (Å²) in [5.41, 5.74) is 8.11. The molecular formula is C15H20N2O. The first-order valence-electron chi connectivity index (χ1n) is 6.71. The SMILES string of the molecule is Cc1oc2ccccc2c1C(CN)NCC1CC1. The zero-order chi connectivity index (χ0) is 12.5. The lowest BCUT2D eigenvalue weighted by atomic mass is 10.0. The molecule has 1 aliphatic carbocycles. The van der Waals surface area contributed by atoms with E-state index in [2.05, 4.69) is 17.4 Å². The van der Waals surface area contributed by atoms with Crippen LogP contribution in [0.5, 0.6) is 0 Å². The lowest BCUT2D eigenvalue weighted by Crippen LogP contribution is -2.30. The number of para-hydroxylation sites is 1. The van der Waals surface area contributed by atoms with Gasteiger partial charge in [0, 0.05) is 23.5 Å². The monoisotopic (exact) mass is 244 g/mol. The van der Waals surface area contributed by atoms with Crippen LogP contribution in [-0.2, 0) is 0 Å². The van der Waals surface area contributed by atoms with Crippen LogP contribution in [0.2, 0.25) is 0 Å². The molecule has 3 rings (SSSR count). The van der Waals surface area contributed by atoms with Gasteiger partial charge in [0.15, 0.2) is 0 Å². The van der Waals surface area contributed by atoms with Crippen LogP contribution in [0.25, 0.3) is 11.0 Å². The van der Waals surface area contributed by atoms with Crippen LogP contribution in [-0.4, -0.2) is 13.1 Å². The molecule has 0 aliphatic heterocycles. The van der Waals surface area contributed by atoms with Gasteiger partial charge in [0.2, 0.25) is 0 Å². The number of hydrogen-bond donors (Lipinski definition) is 2. The number of rotatable bonds is 5. The summed E-state index contributed by atoms with van der Waals surface area (Å²) in [5.74, 6) is 1.84. The Morgan fingerprint density at radius 3 is 2.89 bits per heavy atom. The summed E-state index contributed by atoms with van der Waals surface area (Å²) < 4.78 is 5.81. The number of hydrogen-bond acceptors (Lipinski definition) is 3. The summed E-state index contributed by atoms with van der Waals surface area (Å²) in [5, 5.41) is 4.77. The van der Waals surface area contributed by atoms with Crippen molar-refractivity contribution in [2.45, 2.75) is 25.8 Å². The van der Waals surface area contributed by atoms with Crippen molar-refractivity contribution < 1.29 is 4.42 Å². The third-order valence-electron chi connectivity index (χ3n) is 3.75. The molecule has 1 saturated carbocycles. The van der Waals surface area contributed by atoms with E-state index in [-0.39, 0.29) is 6.04 Å². The van der Waals surface area contributed by atoms with Crippen molar-refractivity contribution >= 4 is 11.0 Å². The second-order valence-electron chi connectivity index (χ2n) is 5.21. The Balaban J connectivity index is 1.91. The van der Waals surface area contributed by atoms with E-state index >= 15 is 0 Å². The highest BCUT2D eigenvalue weighted by atomic mass is 16.3. The van der Waals surface area contributed by atoms with Gasteiger partial charge in [-0.3, -0.25) is 0 Å². The van der Waals surface area contributed by atoms with E-state index in [0.29, 0.717) is 6.54 Å². The Hall–Kier alpha value is -1.32. The topological polar surface area (TPSA) is 51.2 Å². The number of nitrogens with one attached hydrogen (secondary N) is 1. The maximum absolute atomic E-state index is 5.93. The molecule has 3 N–H and O–H groups in total. The lowest BCUT2D eigenvalue weighted by molar-refractivity contribution is 0.503. The minimum Gasteiger partial charge on any atom is -0.461 e. The fourth-order valence-corrected chi connectivity index (χ4v) is 2.55. The van der Waals surface area contributed by atoms with Gasteiger partial charge in [-0.15, -0.1) is 0 Å². The summed E-state index contributed by atoms with van der Waals surface area (Å²) in [6.07, 6.45) is 2.71. The molecule has 0 radical (unpaired) electrons. The van der Waals surface area contributed by atoms with Crippen LogP contribution in [0.4, 0.5) is 0 Å². The van der Waals surface area contributed by atoms with E-state index in [0.717, 1.165) is 23.8 Å². The van der Waals surface area contributed by atoms with Gasteiger partial charge >= 0.3 is 0 Å². The van der Waals surface area contributed by atoms with Gasteiger partial charge in [-0.25, -0.2) is 0 Å². The maximum atomic E-state index is 5.93. The second-order valence-corrected chi connectivity index (χ2v) is 5.21. The van der Waals surface area contributed by atoms with Crippen LogP contribution in [0, 0.1) is 12.8 Å². The molecule has 2 aromatic rings. The average molecular weight is 244 g/mol. The molecule has 0 spiro atoms. The van der Waals surface area contributed by atoms with Gasteiger partial charge in [-0.1, -0.05) is 18.2 Å². The molecule has 96 valence electrons. The van der Waals surface area contributed by atoms with E-state index < -0.39 is 0 Å². The smallest absolute Gasteiger partial charge is 0.134 e. The normalized spacial score (nSPS) is 17.2. The number of fused-ring (bicyclic) bond motifs is 1. The van der Waals surface area contributed by atoms with E-state index in [9.17, 15) is 0 Å². The van der Waals surface area contributed by atoms with E-state index in [1.54, 1.807) is 0 Å². The highest BCUT2D eigenvalue weighted by Crippen LogP contribution is 2.32. The van der Waals surface area contributed by atoms with Crippen molar-refractivity contribution in [3.05, 3.63) is 35.6 Å². The van der Waals surface area contributed by atoms with Crippen molar-refractivity contribution in [2.75, 3.05) is 13.1 Å². The first-order valence-corrected chi connectivity index (χ1v) is 6.71. The quantitative estimate of drug-likeness (QED) is 0.850. The van der Waals surface area contributed by atoms with Crippen LogP contribution in [0.15, 0.2) is 28.7 Å². The largest absolute Gasteiger partial charge is 0.461 e. The van der Waals surface area contributed by atoms with E-state index in [1.807, 2.05) is 19.1 Å². The van der Waals surface area contributed by atoms with E-state index in [4.69, 9.17) is 10.2 Å². The molecule has 1 unspecified atom stereocenters. The van der Waals surface area contributed by atoms with Crippen LogP contribution in [0.3, 0.4) is 0 Å². The zero-order valence-corrected chi connectivity index (χ0v) is 10.8. The highest BCUT2D eigenvalue weighted by Gasteiger charge is 2.24. The van der Waals surface area contributed by atoms with Gasteiger partial charge in [-0.2, -0.15) is 0 Å². The predicted molar refractivity (Wildman–Crippen MR) is 73.5 cm³/mol. The predicted octanol–water partition coefficient (Wildman–Crippen LogP) is 2.74. The molecule has 1 atom stereocenters. The summed E-state index contributed by atoms with van der Waals surface area (Å²) in [7, 11) is 0. The summed E-state index contributed by atoms with van der Waals surface area (Å²) in [6, 6.07) is 8.39. The van der Waals surface area contributed by atoms with Crippen molar-refractivity contribution in [3.63, 3.8) is 0 Å². The standard InChI is InChI=1S/C15H20N2O/c1-10-15(12-4-2-3-5-14(12)18-10)13(8-16)17-9-11-6-7-11/h2-5,11,13,17H,6-9,16H2,1H3. The molecule has 1 aromatic heterocycles. The minimum atomic E-state index is 0.203. The molecular weight excluding hydrogens is 224 g/mol. The molecule has 0 amide bonds. The number of aryl methyl sites for hydroxylation is 1. The van der Waals surface area contributed by atoms with Gasteiger partial charge in [-0.05, 0) is 38.3 Å². The zero-order valence-electron chi connectivity index (χ0n) is 10.8. The number of benzene rings is 1. The van der Waals surface area contributed by atoms with Gasteiger partial charge in [0.25, 0.3) is 0 Å². The van der Waals surface area contributed by atoms with E-state index in [1.165, 1.54) is 23.8 Å². The summed E-state index contributed by atoms with van der Waals surface area (Å²) >= 11 is 0. The Morgan fingerprint density at radius 2 is 2.17 bits per heavy atom. The van der Waals surface area contributed by atoms with Gasteiger partial charge in [0.05, 0.1) is 0 Å². The van der Waals surface area contributed by atoms with Gasteiger partial charge < -0.3 is 15.5 Å². The summed E-state index contributed by atoms with van der Waals surface area (Å²) in [4.78, 5) is 0. The van der Waals surface area contributed by atoms with Crippen molar-refractivity contribution in [1.29, 1.82) is 0 Å². The summed E-state index contributed by atoms with van der Waals surface area (Å²) in [6.45, 7) is 3.70. The molecule has 18 heavy (non-hydrogen) atoms. The Kier molecular flexibility index (Phi) is 3.10. The van der Waals surface area contributed by atoms with Crippen molar-refractivity contribution in [2.24, 2.45) is 11.7 Å². The second kappa shape index (κ2) is 4.75. The average Bonchev–Trinajstić information content (AvgIpc) is 3.14. The van der Waals surface area contributed by atoms with Crippen LogP contribution in [0.1, 0.15) is 30.2 Å². The Bertz CT molecular complexity index is 542. The highest BCUT2D eigenvalue weighted by molar-refractivity contribution is 5.82. The number of nitrogens with two attached hydrogens (primary N) is 1. The molecule has 3 nitrogen and oxygen atoms in total. The van der Waals surface area contributed by atoms with Crippen LogP contribution < -0.4 is 11.1 Å². The fourth-order valence-electron chi connectivity index (χ4n) is 2.55. The third-order valence-corrected chi connectivity index (χ3v) is 3.75. The Labute approximate surface area is 107 Å². The molecule has 1 aliphatic rings. The maximum Gasteiger partial charge on any atom is 0.134 e. The third kappa shape index (κ3) is 2.16. The molecule has 0 bridgehead atoms. The molecule has 3 heteroatoms. The first-order chi connectivity index (χ1) is 8.79. The minimum absolute atomic E-state index is 0.203. The molecule has 1 aromatic carbocycles. The van der Waals surface area contributed by atoms with Gasteiger partial charge in [0.1, 0.15) is 11.3 Å². The lowest BCUT2D eigenvalue weighted by Gasteiger charge is -2.16. The van der Waals surface area contributed by atoms with Crippen LogP contribution >= 0.6 is 0 Å². The Morgan fingerprint density at radius 1 is 1.39 bits per heavy atom. The fraction of sp³-hybridized carbons (Fsp3) is 0.467. The molecule has 1 heterocycles. The molecule has 0 saturated heterocycles. The molecule has 1 fully saturated rings.